The molecule has 0 aromatic heterocycles. The van der Waals surface area contributed by atoms with Crippen LogP contribution in [0.4, 0.5) is 0 Å². The third-order valence-corrected chi connectivity index (χ3v) is 2.48. The van der Waals surface area contributed by atoms with Crippen LogP contribution in [0, 0.1) is 0 Å². The van der Waals surface area contributed by atoms with Crippen molar-refractivity contribution in [2.75, 3.05) is 0 Å². The Bertz CT molecular complexity index is 276. The van der Waals surface area contributed by atoms with E-state index >= 15 is 0 Å². The highest BCUT2D eigenvalue weighted by Crippen LogP contribution is 2.09. The molecule has 1 rings (SSSR count). The largest absolute Gasteiger partial charge is 0.295 e. The van der Waals surface area contributed by atoms with Crippen molar-refractivity contribution in [3.05, 3.63) is 28.2 Å². The van der Waals surface area contributed by atoms with E-state index in [1.54, 1.807) is 6.92 Å². The van der Waals surface area contributed by atoms with Crippen molar-refractivity contribution < 1.29 is 4.79 Å². The summed E-state index contributed by atoms with van der Waals surface area (Å²) in [5.74, 6) is 0.128. The lowest BCUT2D eigenvalue weighted by Gasteiger charge is -1.98. The normalized spacial score (nSPS) is 10.0. The first-order valence-corrected chi connectivity index (χ1v) is 5.17. The summed E-state index contributed by atoms with van der Waals surface area (Å²) in [7, 11) is 0.985. The van der Waals surface area contributed by atoms with Gasteiger partial charge in [0.1, 0.15) is 0 Å². The van der Waals surface area contributed by atoms with Crippen LogP contribution in [0.15, 0.2) is 22.7 Å². The van der Waals surface area contributed by atoms with E-state index in [-0.39, 0.29) is 5.78 Å². The topological polar surface area (TPSA) is 17.1 Å². The Hall–Kier alpha value is -0.413. The van der Waals surface area contributed by atoms with Crippen LogP contribution in [0.25, 0.3) is 0 Å². The van der Waals surface area contributed by atoms with Gasteiger partial charge in [-0.2, -0.15) is 0 Å². The van der Waals surface area contributed by atoms with E-state index in [2.05, 4.69) is 15.9 Å². The van der Waals surface area contributed by atoms with Gasteiger partial charge >= 0.3 is 0 Å². The molecule has 0 N–H and O–H groups in total. The number of hydrogen-bond acceptors (Lipinski definition) is 1. The van der Waals surface area contributed by atoms with E-state index in [0.717, 1.165) is 20.3 Å². The highest BCUT2D eigenvalue weighted by Gasteiger charge is 1.99. The van der Waals surface area contributed by atoms with E-state index in [1.807, 2.05) is 18.2 Å². The number of carbonyl (C=O) groups excluding carboxylic acids is 1. The fourth-order valence-corrected chi connectivity index (χ4v) is 2.59. The van der Waals surface area contributed by atoms with E-state index in [4.69, 9.17) is 0 Å². The van der Waals surface area contributed by atoms with Crippen molar-refractivity contribution in [2.45, 2.75) is 6.92 Å². The van der Waals surface area contributed by atoms with Crippen molar-refractivity contribution in [2.24, 2.45) is 0 Å². The molecule has 0 aliphatic rings. The summed E-state index contributed by atoms with van der Waals surface area (Å²) in [5.41, 5.74) is 0.796. The van der Waals surface area contributed by atoms with Gasteiger partial charge in [0.2, 0.25) is 0 Å². The molecule has 58 valence electrons. The van der Waals surface area contributed by atoms with E-state index in [9.17, 15) is 4.79 Å². The van der Waals surface area contributed by atoms with Gasteiger partial charge < -0.3 is 0 Å². The van der Waals surface area contributed by atoms with Crippen molar-refractivity contribution in [1.29, 1.82) is 0 Å². The van der Waals surface area contributed by atoms with Gasteiger partial charge in [0.15, 0.2) is 5.78 Å². The van der Waals surface area contributed by atoms with Gasteiger partial charge in [-0.3, -0.25) is 4.79 Å². The molecular formula is C8H9BrOSi. The highest BCUT2D eigenvalue weighted by molar-refractivity contribution is 9.10. The van der Waals surface area contributed by atoms with Crippen molar-refractivity contribution in [3.63, 3.8) is 0 Å². The molecule has 0 amide bonds. The van der Waals surface area contributed by atoms with Gasteiger partial charge in [-0.05, 0) is 19.1 Å². The zero-order valence-corrected chi connectivity index (χ0v) is 10.1. The molecule has 0 saturated carbocycles. The van der Waals surface area contributed by atoms with Gasteiger partial charge in [0.25, 0.3) is 0 Å². The van der Waals surface area contributed by atoms with Gasteiger partial charge in [-0.1, -0.05) is 27.2 Å². The molecule has 0 spiro atoms. The minimum Gasteiger partial charge on any atom is -0.295 e. The smallest absolute Gasteiger partial charge is 0.159 e. The number of carbonyl (C=O) groups is 1. The van der Waals surface area contributed by atoms with Crippen molar-refractivity contribution in [1.82, 2.24) is 0 Å². The molecule has 0 bridgehead atoms. The molecule has 0 fully saturated rings. The van der Waals surface area contributed by atoms with E-state index < -0.39 is 0 Å². The monoisotopic (exact) mass is 228 g/mol. The summed E-state index contributed by atoms with van der Waals surface area (Å²) in [6.45, 7) is 1.59. The Balaban J connectivity index is 3.19. The lowest BCUT2D eigenvalue weighted by atomic mass is 10.1. The highest BCUT2D eigenvalue weighted by atomic mass is 79.9. The number of hydrogen-bond donors (Lipinski definition) is 0. The van der Waals surface area contributed by atoms with Gasteiger partial charge in [0.05, 0.1) is 0 Å². The zero-order chi connectivity index (χ0) is 8.43. The Kier molecular flexibility index (Phi) is 2.62. The fraction of sp³-hybridized carbons (Fsp3) is 0.125. The first-order valence-electron chi connectivity index (χ1n) is 3.38. The van der Waals surface area contributed by atoms with Crippen LogP contribution in [0.3, 0.4) is 0 Å². The van der Waals surface area contributed by atoms with Crippen LogP contribution >= 0.6 is 15.9 Å². The Morgan fingerprint density at radius 2 is 2.09 bits per heavy atom. The maximum absolute atomic E-state index is 10.9. The van der Waals surface area contributed by atoms with Crippen LogP contribution in [0.5, 0.6) is 0 Å². The molecule has 0 radical (unpaired) electrons. The Labute approximate surface area is 77.4 Å². The molecule has 0 unspecified atom stereocenters. The number of ketones is 1. The van der Waals surface area contributed by atoms with Crippen molar-refractivity contribution >= 4 is 37.1 Å². The maximum Gasteiger partial charge on any atom is 0.159 e. The molecule has 11 heavy (non-hydrogen) atoms. The first kappa shape index (κ1) is 8.68. The molecule has 1 aromatic carbocycles. The SMILES string of the molecule is CC(=O)c1cc([SiH3])cc(Br)c1. The summed E-state index contributed by atoms with van der Waals surface area (Å²) in [5, 5.41) is 1.24. The average molecular weight is 229 g/mol. The standard InChI is InChI=1S/C8H9BrOSi/c1-5(10)6-2-7(9)4-8(11)3-6/h2-4H,1,11H3. The van der Waals surface area contributed by atoms with Crippen LogP contribution in [0.2, 0.25) is 0 Å². The summed E-state index contributed by atoms with van der Waals surface area (Å²) in [6, 6.07) is 5.84. The molecular weight excluding hydrogens is 220 g/mol. The maximum atomic E-state index is 10.9. The molecule has 0 aliphatic carbocycles. The second-order valence-electron chi connectivity index (χ2n) is 2.57. The average Bonchev–Trinajstić information content (AvgIpc) is 1.85. The molecule has 0 saturated heterocycles. The van der Waals surface area contributed by atoms with Crippen LogP contribution in [0.1, 0.15) is 17.3 Å². The molecule has 1 nitrogen and oxygen atoms in total. The molecule has 0 atom stereocenters. The molecule has 0 aliphatic heterocycles. The minimum absolute atomic E-state index is 0.128. The van der Waals surface area contributed by atoms with Crippen molar-refractivity contribution in [3.8, 4) is 0 Å². The molecule has 3 heteroatoms. The number of Topliss-reactive ketones (excluding diaryl/α,β-unsaturated/α-hetero) is 1. The number of halogens is 1. The van der Waals surface area contributed by atoms with Gasteiger partial charge in [-0.25, -0.2) is 0 Å². The fourth-order valence-electron chi connectivity index (χ4n) is 0.940. The lowest BCUT2D eigenvalue weighted by Crippen LogP contribution is -2.05. The minimum atomic E-state index is 0.128. The quantitative estimate of drug-likeness (QED) is 0.510. The van der Waals surface area contributed by atoms with Gasteiger partial charge in [-0.15, -0.1) is 0 Å². The summed E-state index contributed by atoms with van der Waals surface area (Å²) < 4.78 is 0.996. The molecule has 0 heterocycles. The Morgan fingerprint density at radius 1 is 1.45 bits per heavy atom. The summed E-state index contributed by atoms with van der Waals surface area (Å²) in [4.78, 5) is 10.9. The predicted molar refractivity (Wildman–Crippen MR) is 53.7 cm³/mol. The summed E-state index contributed by atoms with van der Waals surface area (Å²) >= 11 is 3.35. The predicted octanol–water partition coefficient (Wildman–Crippen LogP) is 0.642. The van der Waals surface area contributed by atoms with Gasteiger partial charge in [0, 0.05) is 20.3 Å². The third-order valence-electron chi connectivity index (χ3n) is 1.45. The second-order valence-corrected chi connectivity index (χ2v) is 4.64. The third kappa shape index (κ3) is 2.27. The lowest BCUT2D eigenvalue weighted by molar-refractivity contribution is 0.101. The van der Waals surface area contributed by atoms with Crippen LogP contribution in [-0.4, -0.2) is 16.0 Å². The number of benzene rings is 1. The number of rotatable bonds is 1. The Morgan fingerprint density at radius 3 is 2.55 bits per heavy atom. The van der Waals surface area contributed by atoms with E-state index in [1.165, 1.54) is 5.19 Å². The van der Waals surface area contributed by atoms with Crippen LogP contribution < -0.4 is 5.19 Å². The second kappa shape index (κ2) is 3.32. The first-order chi connectivity index (χ1) is 5.09. The summed E-state index contributed by atoms with van der Waals surface area (Å²) in [6.07, 6.45) is 0. The zero-order valence-electron chi connectivity index (χ0n) is 6.52. The van der Waals surface area contributed by atoms with Crippen LogP contribution in [-0.2, 0) is 0 Å². The van der Waals surface area contributed by atoms with E-state index in [0.29, 0.717) is 0 Å². The molecule has 1 aromatic rings.